The predicted octanol–water partition coefficient (Wildman–Crippen LogP) is 3.41. The minimum absolute atomic E-state index is 0.130. The summed E-state index contributed by atoms with van der Waals surface area (Å²) >= 11 is 0. The Morgan fingerprint density at radius 2 is 1.75 bits per heavy atom. The van der Waals surface area contributed by atoms with E-state index in [1.807, 2.05) is 6.07 Å². The third kappa shape index (κ3) is 3.90. The van der Waals surface area contributed by atoms with Gasteiger partial charge in [-0.2, -0.15) is 0 Å². The van der Waals surface area contributed by atoms with Gasteiger partial charge in [0.25, 0.3) is 0 Å². The van der Waals surface area contributed by atoms with Crippen LogP contribution in [-0.4, -0.2) is 29.6 Å². The van der Waals surface area contributed by atoms with Gasteiger partial charge in [0.2, 0.25) is 0 Å². The summed E-state index contributed by atoms with van der Waals surface area (Å²) < 4.78 is 25.5. The minimum atomic E-state index is -3.26. The van der Waals surface area contributed by atoms with Crippen molar-refractivity contribution in [3.8, 4) is 0 Å². The highest BCUT2D eigenvalue weighted by molar-refractivity contribution is 7.92. The summed E-state index contributed by atoms with van der Waals surface area (Å²) in [5, 5.41) is 2.66. The van der Waals surface area contributed by atoms with Gasteiger partial charge in [0.1, 0.15) is 0 Å². The highest BCUT2D eigenvalue weighted by Crippen LogP contribution is 2.28. The molecule has 0 radical (unpaired) electrons. The predicted molar refractivity (Wildman–Crippen MR) is 106 cm³/mol. The van der Waals surface area contributed by atoms with Crippen LogP contribution in [-0.2, 0) is 29.5 Å². The zero-order valence-electron chi connectivity index (χ0n) is 15.8. The van der Waals surface area contributed by atoms with Crippen LogP contribution in [0.5, 0.6) is 0 Å². The van der Waals surface area contributed by atoms with Crippen molar-refractivity contribution in [2.75, 3.05) is 0 Å². The molecule has 6 nitrogen and oxygen atoms in total. The Labute approximate surface area is 165 Å². The molecule has 1 fully saturated rings. The van der Waals surface area contributed by atoms with Gasteiger partial charge in [-0.25, -0.2) is 13.2 Å². The van der Waals surface area contributed by atoms with Gasteiger partial charge < -0.3 is 10.2 Å². The second-order valence-electron chi connectivity index (χ2n) is 7.61. The quantitative estimate of drug-likeness (QED) is 0.854. The Kier molecular flexibility index (Phi) is 5.35. The number of benzene rings is 1. The maximum Gasteiger partial charge on any atom is 0.318 e. The average molecular weight is 400 g/mol. The van der Waals surface area contributed by atoms with Crippen LogP contribution < -0.4 is 5.32 Å². The van der Waals surface area contributed by atoms with Crippen molar-refractivity contribution in [3.05, 3.63) is 59.4 Å². The Hall–Kier alpha value is -2.41. The first-order valence-corrected chi connectivity index (χ1v) is 11.4. The summed E-state index contributed by atoms with van der Waals surface area (Å²) in [6.45, 7) is 1.52. The number of fused-ring (bicyclic) bond motifs is 1. The molecule has 148 valence electrons. The SMILES string of the molecule is O=C(NCc1ccc(S(=O)(=O)C2CCCCC2)cc1)N1Cc2ccncc2C1. The van der Waals surface area contributed by atoms with Gasteiger partial charge in [-0.05, 0) is 47.7 Å². The number of hydrogen-bond acceptors (Lipinski definition) is 4. The smallest absolute Gasteiger partial charge is 0.318 e. The molecule has 1 aliphatic heterocycles. The fraction of sp³-hybridized carbons (Fsp3) is 0.429. The van der Waals surface area contributed by atoms with E-state index < -0.39 is 9.84 Å². The molecule has 0 spiro atoms. The molecule has 1 N–H and O–H groups in total. The van der Waals surface area contributed by atoms with E-state index in [9.17, 15) is 13.2 Å². The molecule has 0 unspecified atom stereocenters. The number of hydrogen-bond donors (Lipinski definition) is 1. The molecular weight excluding hydrogens is 374 g/mol. The van der Waals surface area contributed by atoms with Crippen LogP contribution in [0.2, 0.25) is 0 Å². The van der Waals surface area contributed by atoms with E-state index in [1.165, 1.54) is 0 Å². The van der Waals surface area contributed by atoms with E-state index in [2.05, 4.69) is 10.3 Å². The lowest BCUT2D eigenvalue weighted by molar-refractivity contribution is 0.198. The lowest BCUT2D eigenvalue weighted by Gasteiger charge is -2.22. The Bertz CT molecular complexity index is 926. The summed E-state index contributed by atoms with van der Waals surface area (Å²) in [6.07, 6.45) is 8.16. The second-order valence-corrected chi connectivity index (χ2v) is 9.84. The summed E-state index contributed by atoms with van der Waals surface area (Å²) in [5.41, 5.74) is 3.09. The molecule has 28 heavy (non-hydrogen) atoms. The van der Waals surface area contributed by atoms with Crippen LogP contribution in [0.1, 0.15) is 48.8 Å². The van der Waals surface area contributed by atoms with E-state index in [-0.39, 0.29) is 11.3 Å². The highest BCUT2D eigenvalue weighted by Gasteiger charge is 2.28. The normalized spacial score (nSPS) is 17.4. The lowest BCUT2D eigenvalue weighted by atomic mass is 10.0. The molecule has 1 aliphatic carbocycles. The number of carbonyl (C=O) groups excluding carboxylic acids is 1. The standard InChI is InChI=1S/C21H25N3O3S/c25-21(24-14-17-10-11-22-13-18(17)15-24)23-12-16-6-8-20(9-7-16)28(26,27)19-4-2-1-3-5-19/h6-11,13,19H,1-5,12,14-15H2,(H,23,25). The molecule has 0 bridgehead atoms. The average Bonchev–Trinajstić information content (AvgIpc) is 3.17. The number of rotatable bonds is 4. The van der Waals surface area contributed by atoms with Gasteiger partial charge in [0, 0.05) is 32.0 Å². The van der Waals surface area contributed by atoms with E-state index in [0.29, 0.717) is 24.5 Å². The fourth-order valence-electron chi connectivity index (χ4n) is 4.02. The van der Waals surface area contributed by atoms with Crippen molar-refractivity contribution in [1.82, 2.24) is 15.2 Å². The monoisotopic (exact) mass is 399 g/mol. The van der Waals surface area contributed by atoms with Crippen molar-refractivity contribution in [2.24, 2.45) is 0 Å². The molecule has 2 aromatic rings. The lowest BCUT2D eigenvalue weighted by Crippen LogP contribution is -2.36. The van der Waals surface area contributed by atoms with Gasteiger partial charge in [-0.1, -0.05) is 31.4 Å². The number of carbonyl (C=O) groups is 1. The van der Waals surface area contributed by atoms with Gasteiger partial charge in [0.15, 0.2) is 9.84 Å². The maximum absolute atomic E-state index is 12.8. The Morgan fingerprint density at radius 3 is 2.46 bits per heavy atom. The van der Waals surface area contributed by atoms with Gasteiger partial charge in [-0.3, -0.25) is 4.98 Å². The first kappa shape index (κ1) is 18.9. The van der Waals surface area contributed by atoms with Crippen LogP contribution in [0.3, 0.4) is 0 Å². The van der Waals surface area contributed by atoms with E-state index >= 15 is 0 Å². The number of nitrogens with zero attached hydrogens (tertiary/aromatic N) is 2. The van der Waals surface area contributed by atoms with Crippen LogP contribution in [0.25, 0.3) is 0 Å². The fourth-order valence-corrected chi connectivity index (χ4v) is 5.87. The third-order valence-corrected chi connectivity index (χ3v) is 7.98. The Balaban J connectivity index is 1.34. The zero-order valence-corrected chi connectivity index (χ0v) is 16.6. The van der Waals surface area contributed by atoms with Crippen LogP contribution in [0.15, 0.2) is 47.6 Å². The molecule has 0 saturated heterocycles. The van der Waals surface area contributed by atoms with E-state index in [1.54, 1.807) is 41.6 Å². The van der Waals surface area contributed by atoms with E-state index in [0.717, 1.165) is 48.8 Å². The maximum atomic E-state index is 12.8. The number of sulfone groups is 1. The molecule has 4 rings (SSSR count). The molecule has 2 aliphatic rings. The number of amides is 2. The molecule has 0 atom stereocenters. The largest absolute Gasteiger partial charge is 0.334 e. The summed E-state index contributed by atoms with van der Waals surface area (Å²) in [7, 11) is -3.26. The Morgan fingerprint density at radius 1 is 1.04 bits per heavy atom. The number of urea groups is 1. The summed E-state index contributed by atoms with van der Waals surface area (Å²) in [6, 6.07) is 8.73. The highest BCUT2D eigenvalue weighted by atomic mass is 32.2. The molecule has 2 amide bonds. The van der Waals surface area contributed by atoms with Crippen molar-refractivity contribution < 1.29 is 13.2 Å². The van der Waals surface area contributed by atoms with Gasteiger partial charge in [-0.15, -0.1) is 0 Å². The first-order chi connectivity index (χ1) is 13.5. The molecule has 2 heterocycles. The van der Waals surface area contributed by atoms with Gasteiger partial charge >= 0.3 is 6.03 Å². The molecular formula is C21H25N3O3S. The summed E-state index contributed by atoms with van der Waals surface area (Å²) in [5.74, 6) is 0. The number of nitrogens with one attached hydrogen (secondary N) is 1. The van der Waals surface area contributed by atoms with Crippen molar-refractivity contribution in [3.63, 3.8) is 0 Å². The van der Waals surface area contributed by atoms with Gasteiger partial charge in [0.05, 0.1) is 10.1 Å². The van der Waals surface area contributed by atoms with Crippen molar-refractivity contribution in [1.29, 1.82) is 0 Å². The number of pyridine rings is 1. The molecule has 1 aromatic heterocycles. The van der Waals surface area contributed by atoms with Crippen molar-refractivity contribution in [2.45, 2.75) is 61.9 Å². The molecule has 1 aromatic carbocycles. The minimum Gasteiger partial charge on any atom is -0.334 e. The second kappa shape index (κ2) is 7.91. The van der Waals surface area contributed by atoms with E-state index in [4.69, 9.17) is 0 Å². The molecule has 1 saturated carbocycles. The van der Waals surface area contributed by atoms with Crippen molar-refractivity contribution >= 4 is 15.9 Å². The zero-order chi connectivity index (χ0) is 19.6. The topological polar surface area (TPSA) is 79.4 Å². The summed E-state index contributed by atoms with van der Waals surface area (Å²) in [4.78, 5) is 18.6. The van der Waals surface area contributed by atoms with Crippen LogP contribution in [0.4, 0.5) is 4.79 Å². The van der Waals surface area contributed by atoms with Crippen LogP contribution in [0, 0.1) is 0 Å². The number of aromatic nitrogens is 1. The molecule has 7 heteroatoms. The van der Waals surface area contributed by atoms with Crippen LogP contribution >= 0.6 is 0 Å². The third-order valence-electron chi connectivity index (χ3n) is 5.70. The first-order valence-electron chi connectivity index (χ1n) is 9.81.